The summed E-state index contributed by atoms with van der Waals surface area (Å²) in [5, 5.41) is 18.1. The molecule has 6 nitrogen and oxygen atoms in total. The van der Waals surface area contributed by atoms with Crippen molar-refractivity contribution >= 4 is 27.7 Å². The number of thioether (sulfide) groups is 1. The topological polar surface area (TPSA) is 73.0 Å². The molecule has 0 fully saturated rings. The SMILES string of the molecule is CCOc1ccc(-n2c(COc3ccc(Br)cc3)nnc2SCCC#N)cc1. The predicted octanol–water partition coefficient (Wildman–Crippen LogP) is 5.01. The fraction of sp³-hybridized carbons (Fsp3) is 0.250. The van der Waals surface area contributed by atoms with Crippen LogP contribution in [0, 0.1) is 11.3 Å². The van der Waals surface area contributed by atoms with Gasteiger partial charge in [-0.15, -0.1) is 10.2 Å². The normalized spacial score (nSPS) is 10.5. The highest BCUT2D eigenvalue weighted by molar-refractivity contribution is 9.10. The van der Waals surface area contributed by atoms with E-state index in [0.717, 1.165) is 26.8 Å². The van der Waals surface area contributed by atoms with Gasteiger partial charge in [-0.3, -0.25) is 4.57 Å². The van der Waals surface area contributed by atoms with Crippen molar-refractivity contribution in [3.63, 3.8) is 0 Å². The van der Waals surface area contributed by atoms with Gasteiger partial charge in [-0.05, 0) is 55.5 Å². The average Bonchev–Trinajstić information content (AvgIpc) is 3.11. The quantitative estimate of drug-likeness (QED) is 0.331. The van der Waals surface area contributed by atoms with E-state index in [0.29, 0.717) is 24.6 Å². The Morgan fingerprint density at radius 2 is 1.71 bits per heavy atom. The average molecular weight is 459 g/mol. The van der Waals surface area contributed by atoms with Crippen LogP contribution in [0.25, 0.3) is 5.69 Å². The molecule has 0 amide bonds. The Labute approximate surface area is 176 Å². The predicted molar refractivity (Wildman–Crippen MR) is 112 cm³/mol. The summed E-state index contributed by atoms with van der Waals surface area (Å²) in [6.45, 7) is 2.85. The molecule has 0 aliphatic carbocycles. The van der Waals surface area contributed by atoms with Gasteiger partial charge in [0, 0.05) is 22.3 Å². The van der Waals surface area contributed by atoms with Crippen molar-refractivity contribution in [1.82, 2.24) is 14.8 Å². The number of nitrogens with zero attached hydrogens (tertiary/aromatic N) is 4. The molecule has 0 unspecified atom stereocenters. The summed E-state index contributed by atoms with van der Waals surface area (Å²) < 4.78 is 14.4. The fourth-order valence-corrected chi connectivity index (χ4v) is 3.55. The molecule has 2 aromatic carbocycles. The number of ether oxygens (including phenoxy) is 2. The molecule has 0 saturated carbocycles. The third kappa shape index (κ3) is 5.27. The van der Waals surface area contributed by atoms with Gasteiger partial charge >= 0.3 is 0 Å². The molecule has 0 saturated heterocycles. The van der Waals surface area contributed by atoms with E-state index < -0.39 is 0 Å². The van der Waals surface area contributed by atoms with Crippen molar-refractivity contribution in [3.8, 4) is 23.3 Å². The third-order valence-electron chi connectivity index (χ3n) is 3.73. The standard InChI is InChI=1S/C20H19BrN4O2S/c1-2-26-17-10-6-16(7-11-17)25-19(23-24-20(25)28-13-3-12-22)14-27-18-8-4-15(21)5-9-18/h4-11H,2-3,13-14H2,1H3. The molecule has 0 aliphatic heterocycles. The number of halogens is 1. The van der Waals surface area contributed by atoms with Gasteiger partial charge < -0.3 is 9.47 Å². The van der Waals surface area contributed by atoms with Crippen LogP contribution in [0.3, 0.4) is 0 Å². The molecule has 0 aliphatic rings. The number of nitriles is 1. The van der Waals surface area contributed by atoms with Crippen molar-refractivity contribution in [2.24, 2.45) is 0 Å². The summed E-state index contributed by atoms with van der Waals surface area (Å²) in [6.07, 6.45) is 0.450. The number of benzene rings is 2. The van der Waals surface area contributed by atoms with Crippen molar-refractivity contribution in [2.75, 3.05) is 12.4 Å². The van der Waals surface area contributed by atoms with Gasteiger partial charge in [-0.2, -0.15) is 5.26 Å². The summed E-state index contributed by atoms with van der Waals surface area (Å²) in [4.78, 5) is 0. The Balaban J connectivity index is 1.84. The monoisotopic (exact) mass is 458 g/mol. The van der Waals surface area contributed by atoms with E-state index in [-0.39, 0.29) is 6.61 Å². The second kappa shape index (κ2) is 10.2. The van der Waals surface area contributed by atoms with Crippen molar-refractivity contribution < 1.29 is 9.47 Å². The lowest BCUT2D eigenvalue weighted by Gasteiger charge is -2.12. The van der Waals surface area contributed by atoms with Crippen LogP contribution in [0.5, 0.6) is 11.5 Å². The van der Waals surface area contributed by atoms with Crippen LogP contribution in [0.1, 0.15) is 19.2 Å². The lowest BCUT2D eigenvalue weighted by atomic mass is 10.3. The Morgan fingerprint density at radius 1 is 1.04 bits per heavy atom. The molecule has 144 valence electrons. The summed E-state index contributed by atoms with van der Waals surface area (Å²) in [7, 11) is 0. The zero-order chi connectivity index (χ0) is 19.8. The van der Waals surface area contributed by atoms with Crippen molar-refractivity contribution in [3.05, 3.63) is 58.8 Å². The first-order valence-electron chi connectivity index (χ1n) is 8.77. The minimum absolute atomic E-state index is 0.278. The summed E-state index contributed by atoms with van der Waals surface area (Å²) in [5.41, 5.74) is 0.919. The first-order chi connectivity index (χ1) is 13.7. The van der Waals surface area contributed by atoms with E-state index in [2.05, 4.69) is 32.2 Å². The molecule has 1 aromatic heterocycles. The Hall–Kier alpha value is -2.50. The Bertz CT molecular complexity index is 936. The first kappa shape index (κ1) is 20.2. The molecule has 3 rings (SSSR count). The number of rotatable bonds is 9. The molecule has 0 radical (unpaired) electrons. The maximum atomic E-state index is 8.80. The largest absolute Gasteiger partial charge is 0.494 e. The second-order valence-corrected chi connectivity index (χ2v) is 7.64. The minimum Gasteiger partial charge on any atom is -0.494 e. The van der Waals surface area contributed by atoms with Crippen LogP contribution in [0.4, 0.5) is 0 Å². The molecule has 3 aromatic rings. The van der Waals surface area contributed by atoms with Gasteiger partial charge in [0.1, 0.15) is 18.1 Å². The fourth-order valence-electron chi connectivity index (χ4n) is 2.47. The van der Waals surface area contributed by atoms with Gasteiger partial charge in [0.25, 0.3) is 0 Å². The van der Waals surface area contributed by atoms with Gasteiger partial charge in [0.2, 0.25) is 0 Å². The van der Waals surface area contributed by atoms with E-state index in [9.17, 15) is 0 Å². The van der Waals surface area contributed by atoms with E-state index in [1.165, 1.54) is 11.8 Å². The van der Waals surface area contributed by atoms with Crippen molar-refractivity contribution in [2.45, 2.75) is 25.1 Å². The Kier molecular flexibility index (Phi) is 7.34. The molecule has 0 atom stereocenters. The Morgan fingerprint density at radius 3 is 2.39 bits per heavy atom. The van der Waals surface area contributed by atoms with Gasteiger partial charge in [-0.25, -0.2) is 0 Å². The van der Waals surface area contributed by atoms with Crippen LogP contribution in [-0.4, -0.2) is 27.1 Å². The molecule has 0 bridgehead atoms. The maximum Gasteiger partial charge on any atom is 0.195 e. The molecule has 8 heteroatoms. The van der Waals surface area contributed by atoms with Gasteiger partial charge in [-0.1, -0.05) is 27.7 Å². The van der Waals surface area contributed by atoms with E-state index in [4.69, 9.17) is 14.7 Å². The van der Waals surface area contributed by atoms with Crippen LogP contribution in [0.15, 0.2) is 58.2 Å². The zero-order valence-corrected chi connectivity index (χ0v) is 17.7. The molecule has 1 heterocycles. The first-order valence-corrected chi connectivity index (χ1v) is 10.5. The summed E-state index contributed by atoms with van der Waals surface area (Å²) in [5.74, 6) is 2.90. The number of hydrogen-bond donors (Lipinski definition) is 0. The van der Waals surface area contributed by atoms with Crippen molar-refractivity contribution in [1.29, 1.82) is 5.26 Å². The zero-order valence-electron chi connectivity index (χ0n) is 15.3. The molecule has 0 spiro atoms. The van der Waals surface area contributed by atoms with E-state index >= 15 is 0 Å². The summed E-state index contributed by atoms with van der Waals surface area (Å²) in [6, 6.07) is 17.6. The molecular weight excluding hydrogens is 440 g/mol. The number of aromatic nitrogens is 3. The maximum absolute atomic E-state index is 8.80. The van der Waals surface area contributed by atoms with E-state index in [1.807, 2.05) is 60.0 Å². The van der Waals surface area contributed by atoms with Crippen LogP contribution >= 0.6 is 27.7 Å². The van der Waals surface area contributed by atoms with Gasteiger partial charge in [0.15, 0.2) is 11.0 Å². The van der Waals surface area contributed by atoms with Gasteiger partial charge in [0.05, 0.1) is 12.7 Å². The summed E-state index contributed by atoms with van der Waals surface area (Å²) >= 11 is 4.92. The second-order valence-electron chi connectivity index (χ2n) is 5.66. The highest BCUT2D eigenvalue weighted by atomic mass is 79.9. The minimum atomic E-state index is 0.278. The van der Waals surface area contributed by atoms with E-state index in [1.54, 1.807) is 0 Å². The lowest BCUT2D eigenvalue weighted by molar-refractivity contribution is 0.292. The van der Waals surface area contributed by atoms with Crippen LogP contribution in [0.2, 0.25) is 0 Å². The number of hydrogen-bond acceptors (Lipinski definition) is 6. The lowest BCUT2D eigenvalue weighted by Crippen LogP contribution is -2.07. The smallest absolute Gasteiger partial charge is 0.195 e. The van der Waals surface area contributed by atoms with Crippen LogP contribution < -0.4 is 9.47 Å². The molecular formula is C20H19BrN4O2S. The molecule has 28 heavy (non-hydrogen) atoms. The highest BCUT2D eigenvalue weighted by Crippen LogP contribution is 2.25. The molecule has 0 N–H and O–H groups in total. The highest BCUT2D eigenvalue weighted by Gasteiger charge is 2.15. The van der Waals surface area contributed by atoms with Crippen LogP contribution in [-0.2, 0) is 6.61 Å². The third-order valence-corrected chi connectivity index (χ3v) is 5.19.